The molecule has 4 nitrogen and oxygen atoms in total. The third-order valence-corrected chi connectivity index (χ3v) is 2.02. The van der Waals surface area contributed by atoms with Gasteiger partial charge in [-0.2, -0.15) is 0 Å². The minimum absolute atomic E-state index is 0.109. The van der Waals surface area contributed by atoms with Gasteiger partial charge in [0.05, 0.1) is 4.92 Å². The van der Waals surface area contributed by atoms with Crippen LogP contribution in [0.5, 0.6) is 0 Å². The second-order valence-electron chi connectivity index (χ2n) is 3.20. The Balaban J connectivity index is 2.76. The van der Waals surface area contributed by atoms with Crippen molar-refractivity contribution in [3.63, 3.8) is 0 Å². The number of allylic oxidation sites excluding steroid dienone is 1. The number of benzene rings is 1. The Bertz CT molecular complexity index is 405. The summed E-state index contributed by atoms with van der Waals surface area (Å²) >= 11 is 0. The summed E-state index contributed by atoms with van der Waals surface area (Å²) in [4.78, 5) is 10.1. The van der Waals surface area contributed by atoms with E-state index in [1.54, 1.807) is 0 Å². The largest absolute Gasteiger partial charge is 0.379 e. The molecular formula is C11H13FN2O2. The van der Waals surface area contributed by atoms with Gasteiger partial charge in [-0.3, -0.25) is 10.1 Å². The van der Waals surface area contributed by atoms with Crippen LogP contribution in [0.3, 0.4) is 0 Å². The predicted molar refractivity (Wildman–Crippen MR) is 61.0 cm³/mol. The number of nitrogens with zero attached hydrogens (tertiary/aromatic N) is 1. The fourth-order valence-corrected chi connectivity index (χ4v) is 1.27. The lowest BCUT2D eigenvalue weighted by atomic mass is 10.2. The number of nitrogens with one attached hydrogen (secondary N) is 1. The van der Waals surface area contributed by atoms with Gasteiger partial charge in [-0.15, -0.1) is 0 Å². The molecule has 1 N–H and O–H groups in total. The summed E-state index contributed by atoms with van der Waals surface area (Å²) in [5.41, 5.74) is 0.108. The van der Waals surface area contributed by atoms with Gasteiger partial charge >= 0.3 is 0 Å². The molecule has 0 amide bonds. The Labute approximate surface area is 92.9 Å². The van der Waals surface area contributed by atoms with E-state index < -0.39 is 10.7 Å². The van der Waals surface area contributed by atoms with E-state index in [4.69, 9.17) is 0 Å². The molecular weight excluding hydrogens is 211 g/mol. The zero-order valence-corrected chi connectivity index (χ0v) is 8.94. The highest BCUT2D eigenvalue weighted by molar-refractivity contribution is 5.61. The second kappa shape index (κ2) is 5.85. The molecule has 0 saturated heterocycles. The molecule has 1 rings (SSSR count). The first-order valence-electron chi connectivity index (χ1n) is 4.94. The van der Waals surface area contributed by atoms with Crippen LogP contribution >= 0.6 is 0 Å². The van der Waals surface area contributed by atoms with Crippen molar-refractivity contribution in [2.75, 3.05) is 11.9 Å². The number of rotatable bonds is 5. The molecule has 5 heteroatoms. The standard InChI is InChI=1S/C11H13FN2O2/c1-2-3-4-7-13-10-8-9(12)5-6-11(10)14(15)16/h2-3,5-6,8,13H,4,7H2,1H3/b3-2+. The Hall–Kier alpha value is -1.91. The Morgan fingerprint density at radius 3 is 2.94 bits per heavy atom. The molecule has 0 heterocycles. The van der Waals surface area contributed by atoms with Gasteiger partial charge in [-0.25, -0.2) is 4.39 Å². The molecule has 0 aliphatic carbocycles. The minimum atomic E-state index is -0.530. The Morgan fingerprint density at radius 1 is 1.56 bits per heavy atom. The highest BCUT2D eigenvalue weighted by atomic mass is 19.1. The summed E-state index contributed by atoms with van der Waals surface area (Å²) in [6, 6.07) is 3.37. The molecule has 0 radical (unpaired) electrons. The Kier molecular flexibility index (Phi) is 4.44. The molecule has 0 bridgehead atoms. The first-order chi connectivity index (χ1) is 7.65. The molecule has 1 aromatic carbocycles. The monoisotopic (exact) mass is 224 g/mol. The fourth-order valence-electron chi connectivity index (χ4n) is 1.27. The number of nitro benzene ring substituents is 1. The number of hydrogen-bond acceptors (Lipinski definition) is 3. The highest BCUT2D eigenvalue weighted by Gasteiger charge is 2.13. The molecule has 0 aliphatic rings. The SMILES string of the molecule is C/C=C/CCNc1cc(F)ccc1[N+](=O)[O-]. The van der Waals surface area contributed by atoms with E-state index in [0.717, 1.165) is 24.6 Å². The van der Waals surface area contributed by atoms with Crippen molar-refractivity contribution in [3.05, 3.63) is 46.3 Å². The van der Waals surface area contributed by atoms with E-state index in [-0.39, 0.29) is 11.4 Å². The van der Waals surface area contributed by atoms with Crippen LogP contribution in [0, 0.1) is 15.9 Å². The van der Waals surface area contributed by atoms with Gasteiger partial charge in [0.1, 0.15) is 11.5 Å². The lowest BCUT2D eigenvalue weighted by Crippen LogP contribution is -2.03. The van der Waals surface area contributed by atoms with Crippen molar-refractivity contribution in [1.29, 1.82) is 0 Å². The molecule has 0 fully saturated rings. The maximum absolute atomic E-state index is 12.9. The maximum Gasteiger partial charge on any atom is 0.292 e. The molecule has 0 atom stereocenters. The van der Waals surface area contributed by atoms with Gasteiger partial charge in [-0.1, -0.05) is 12.2 Å². The van der Waals surface area contributed by atoms with Crippen LogP contribution in [-0.4, -0.2) is 11.5 Å². The van der Waals surface area contributed by atoms with Crippen molar-refractivity contribution in [2.24, 2.45) is 0 Å². The molecule has 0 aromatic heterocycles. The van der Waals surface area contributed by atoms with E-state index in [1.807, 2.05) is 19.1 Å². The lowest BCUT2D eigenvalue weighted by Gasteiger charge is -2.05. The van der Waals surface area contributed by atoms with Crippen LogP contribution in [0.4, 0.5) is 15.8 Å². The first-order valence-corrected chi connectivity index (χ1v) is 4.94. The van der Waals surface area contributed by atoms with Crippen LogP contribution in [0.1, 0.15) is 13.3 Å². The van der Waals surface area contributed by atoms with E-state index in [0.29, 0.717) is 6.54 Å². The van der Waals surface area contributed by atoms with Crippen LogP contribution in [0.15, 0.2) is 30.4 Å². The van der Waals surface area contributed by atoms with Crippen molar-refractivity contribution in [1.82, 2.24) is 0 Å². The molecule has 0 saturated carbocycles. The third kappa shape index (κ3) is 3.34. The van der Waals surface area contributed by atoms with Crippen molar-refractivity contribution >= 4 is 11.4 Å². The zero-order valence-electron chi connectivity index (χ0n) is 8.94. The van der Waals surface area contributed by atoms with E-state index in [9.17, 15) is 14.5 Å². The summed E-state index contributed by atoms with van der Waals surface area (Å²) in [6.45, 7) is 2.43. The number of nitro groups is 1. The smallest absolute Gasteiger partial charge is 0.292 e. The van der Waals surface area contributed by atoms with E-state index in [2.05, 4.69) is 5.32 Å². The highest BCUT2D eigenvalue weighted by Crippen LogP contribution is 2.24. The van der Waals surface area contributed by atoms with Crippen LogP contribution < -0.4 is 5.32 Å². The van der Waals surface area contributed by atoms with Crippen LogP contribution in [0.2, 0.25) is 0 Å². The zero-order chi connectivity index (χ0) is 12.0. The quantitative estimate of drug-likeness (QED) is 0.362. The summed E-state index contributed by atoms with van der Waals surface area (Å²) in [5, 5.41) is 13.5. The number of hydrogen-bond donors (Lipinski definition) is 1. The van der Waals surface area contributed by atoms with Crippen LogP contribution in [0.25, 0.3) is 0 Å². The average molecular weight is 224 g/mol. The molecule has 0 aliphatic heterocycles. The minimum Gasteiger partial charge on any atom is -0.379 e. The average Bonchev–Trinajstić information content (AvgIpc) is 2.24. The summed E-state index contributed by atoms with van der Waals surface area (Å²) in [6.07, 6.45) is 4.56. The van der Waals surface area contributed by atoms with Gasteiger partial charge in [0.15, 0.2) is 0 Å². The summed E-state index contributed by atoms with van der Waals surface area (Å²) in [5.74, 6) is -0.487. The van der Waals surface area contributed by atoms with Crippen molar-refractivity contribution in [2.45, 2.75) is 13.3 Å². The van der Waals surface area contributed by atoms with Gasteiger partial charge in [0.25, 0.3) is 5.69 Å². The number of halogens is 1. The van der Waals surface area contributed by atoms with Gasteiger partial charge in [0.2, 0.25) is 0 Å². The van der Waals surface area contributed by atoms with Crippen molar-refractivity contribution < 1.29 is 9.31 Å². The topological polar surface area (TPSA) is 55.2 Å². The number of anilines is 1. The molecule has 86 valence electrons. The normalized spacial score (nSPS) is 10.6. The summed E-state index contributed by atoms with van der Waals surface area (Å²) in [7, 11) is 0. The Morgan fingerprint density at radius 2 is 2.31 bits per heavy atom. The van der Waals surface area contributed by atoms with Gasteiger partial charge in [-0.05, 0) is 19.4 Å². The van der Waals surface area contributed by atoms with E-state index >= 15 is 0 Å². The van der Waals surface area contributed by atoms with E-state index in [1.165, 1.54) is 0 Å². The molecule has 16 heavy (non-hydrogen) atoms. The molecule has 0 spiro atoms. The van der Waals surface area contributed by atoms with Gasteiger partial charge < -0.3 is 5.32 Å². The van der Waals surface area contributed by atoms with Crippen LogP contribution in [-0.2, 0) is 0 Å². The third-order valence-electron chi connectivity index (χ3n) is 2.02. The maximum atomic E-state index is 12.9. The summed E-state index contributed by atoms with van der Waals surface area (Å²) < 4.78 is 12.9. The van der Waals surface area contributed by atoms with Crippen molar-refractivity contribution in [3.8, 4) is 0 Å². The molecule has 0 unspecified atom stereocenters. The lowest BCUT2D eigenvalue weighted by molar-refractivity contribution is -0.384. The predicted octanol–water partition coefficient (Wildman–Crippen LogP) is 3.11. The fraction of sp³-hybridized carbons (Fsp3) is 0.273. The second-order valence-corrected chi connectivity index (χ2v) is 3.20. The van der Waals surface area contributed by atoms with Gasteiger partial charge in [0, 0.05) is 18.7 Å². The molecule has 1 aromatic rings. The first kappa shape index (κ1) is 12.2.